The summed E-state index contributed by atoms with van der Waals surface area (Å²) in [5.74, 6) is -0.440. The van der Waals surface area contributed by atoms with Crippen LogP contribution in [0, 0.1) is 11.7 Å². The second-order valence-corrected chi connectivity index (χ2v) is 7.32. The van der Waals surface area contributed by atoms with Gasteiger partial charge in [0.25, 0.3) is 0 Å². The molecular weight excluding hydrogens is 377 g/mol. The summed E-state index contributed by atoms with van der Waals surface area (Å²) in [7, 11) is 0. The summed E-state index contributed by atoms with van der Waals surface area (Å²) in [6.45, 7) is 4.31. The first kappa shape index (κ1) is 22.3. The molecule has 0 radical (unpaired) electrons. The van der Waals surface area contributed by atoms with Crippen molar-refractivity contribution in [1.29, 1.82) is 0 Å². The van der Waals surface area contributed by atoms with Crippen molar-refractivity contribution in [2.45, 2.75) is 45.2 Å². The minimum Gasteiger partial charge on any atom is -0.334 e. The van der Waals surface area contributed by atoms with Crippen LogP contribution in [0.4, 0.5) is 4.39 Å². The molecule has 2 atom stereocenters. The van der Waals surface area contributed by atoms with Crippen molar-refractivity contribution in [3.05, 3.63) is 65.7 Å². The van der Waals surface area contributed by atoms with Crippen LogP contribution in [0.15, 0.2) is 48.7 Å². The van der Waals surface area contributed by atoms with Gasteiger partial charge < -0.3 is 10.2 Å². The summed E-state index contributed by atoms with van der Waals surface area (Å²) in [5.41, 5.74) is 1.49. The molecule has 0 saturated carbocycles. The molecule has 2 heterocycles. The molecular formula is C22H29ClFN3O. The predicted octanol–water partition coefficient (Wildman–Crippen LogP) is 3.99. The predicted molar refractivity (Wildman–Crippen MR) is 112 cm³/mol. The highest BCUT2D eigenvalue weighted by atomic mass is 35.5. The van der Waals surface area contributed by atoms with E-state index >= 15 is 0 Å². The Morgan fingerprint density at radius 2 is 2.00 bits per heavy atom. The molecule has 2 aromatic rings. The largest absolute Gasteiger partial charge is 0.334 e. The van der Waals surface area contributed by atoms with Crippen molar-refractivity contribution in [3.8, 4) is 0 Å². The highest BCUT2D eigenvalue weighted by Gasteiger charge is 2.28. The van der Waals surface area contributed by atoms with Gasteiger partial charge in [0.05, 0.1) is 12.2 Å². The number of carbonyl (C=O) groups excluding carboxylic acids is 1. The molecule has 1 amide bonds. The zero-order chi connectivity index (χ0) is 19.1. The molecule has 28 heavy (non-hydrogen) atoms. The van der Waals surface area contributed by atoms with E-state index in [2.05, 4.69) is 10.3 Å². The van der Waals surface area contributed by atoms with Gasteiger partial charge in [0.2, 0.25) is 5.91 Å². The van der Waals surface area contributed by atoms with Gasteiger partial charge in [-0.3, -0.25) is 9.78 Å². The number of aromatic nitrogens is 1. The van der Waals surface area contributed by atoms with Crippen LogP contribution in [0.3, 0.4) is 0 Å². The molecule has 4 nitrogen and oxygen atoms in total. The second-order valence-electron chi connectivity index (χ2n) is 7.32. The first-order valence-corrected chi connectivity index (χ1v) is 9.79. The van der Waals surface area contributed by atoms with Crippen molar-refractivity contribution < 1.29 is 9.18 Å². The minimum absolute atomic E-state index is 0. The maximum atomic E-state index is 14.0. The summed E-state index contributed by atoms with van der Waals surface area (Å²) in [5, 5.41) is 3.41. The molecule has 1 aliphatic rings. The first-order valence-electron chi connectivity index (χ1n) is 9.79. The van der Waals surface area contributed by atoms with Crippen molar-refractivity contribution in [2.24, 2.45) is 5.92 Å². The normalized spacial score (nSPS) is 17.9. The third-order valence-electron chi connectivity index (χ3n) is 5.23. The van der Waals surface area contributed by atoms with E-state index in [1.54, 1.807) is 18.3 Å². The van der Waals surface area contributed by atoms with Crippen LogP contribution >= 0.6 is 12.4 Å². The maximum Gasteiger partial charge on any atom is 0.226 e. The lowest BCUT2D eigenvalue weighted by molar-refractivity contribution is -0.138. The molecule has 152 valence electrons. The molecule has 0 aliphatic carbocycles. The zero-order valence-electron chi connectivity index (χ0n) is 16.3. The average molecular weight is 406 g/mol. The van der Waals surface area contributed by atoms with Gasteiger partial charge in [0, 0.05) is 18.2 Å². The quantitative estimate of drug-likeness (QED) is 0.790. The number of benzene rings is 1. The van der Waals surface area contributed by atoms with Crippen molar-refractivity contribution in [1.82, 2.24) is 15.2 Å². The number of hydrogen-bond acceptors (Lipinski definition) is 3. The lowest BCUT2D eigenvalue weighted by Gasteiger charge is -2.33. The molecule has 6 heteroatoms. The maximum absolute atomic E-state index is 14.0. The van der Waals surface area contributed by atoms with Crippen molar-refractivity contribution in [3.63, 3.8) is 0 Å². The Hall–Kier alpha value is -1.98. The highest BCUT2D eigenvalue weighted by Crippen LogP contribution is 2.21. The first-order chi connectivity index (χ1) is 13.1. The standard InChI is InChI=1S/C22H28FN3O.ClH/c1-17(15-18-7-2-3-10-21(18)23)22(27)26(16-19-8-4-5-13-25-19)20-9-6-12-24-14-11-20;/h2-5,7-8,10,13,17,20,24H,6,9,11-12,14-16H2,1H3;1H. The molecule has 1 N–H and O–H groups in total. The molecule has 0 bridgehead atoms. The fourth-order valence-electron chi connectivity index (χ4n) is 3.73. The van der Waals surface area contributed by atoms with E-state index in [9.17, 15) is 9.18 Å². The van der Waals surface area contributed by atoms with Gasteiger partial charge in [0.15, 0.2) is 0 Å². The van der Waals surface area contributed by atoms with Crippen LogP contribution in [0.25, 0.3) is 0 Å². The second kappa shape index (κ2) is 11.1. The summed E-state index contributed by atoms with van der Waals surface area (Å²) in [6, 6.07) is 12.7. The third-order valence-corrected chi connectivity index (χ3v) is 5.23. The smallest absolute Gasteiger partial charge is 0.226 e. The average Bonchev–Trinajstić information content (AvgIpc) is 2.97. The fourth-order valence-corrected chi connectivity index (χ4v) is 3.73. The number of amides is 1. The van der Waals surface area contributed by atoms with Gasteiger partial charge in [-0.25, -0.2) is 4.39 Å². The Labute approximate surface area is 173 Å². The van der Waals surface area contributed by atoms with Crippen LogP contribution in [0.1, 0.15) is 37.4 Å². The lowest BCUT2D eigenvalue weighted by atomic mass is 9.97. The number of nitrogens with zero attached hydrogens (tertiary/aromatic N) is 2. The van der Waals surface area contributed by atoms with E-state index in [1.165, 1.54) is 6.07 Å². The molecule has 1 aromatic carbocycles. The topological polar surface area (TPSA) is 45.2 Å². The van der Waals surface area contributed by atoms with Crippen molar-refractivity contribution in [2.75, 3.05) is 13.1 Å². The van der Waals surface area contributed by atoms with Crippen LogP contribution in [0.2, 0.25) is 0 Å². The van der Waals surface area contributed by atoms with E-state index < -0.39 is 0 Å². The number of rotatable bonds is 6. The van der Waals surface area contributed by atoms with Crippen LogP contribution in [-0.4, -0.2) is 34.9 Å². The van der Waals surface area contributed by atoms with Gasteiger partial charge in [-0.05, 0) is 62.5 Å². The van der Waals surface area contributed by atoms with E-state index in [1.807, 2.05) is 36.1 Å². The Morgan fingerprint density at radius 1 is 1.21 bits per heavy atom. The van der Waals surface area contributed by atoms with Gasteiger partial charge in [-0.1, -0.05) is 31.2 Å². The van der Waals surface area contributed by atoms with Gasteiger partial charge in [-0.15, -0.1) is 12.4 Å². The number of pyridine rings is 1. The number of carbonyl (C=O) groups is 1. The fraction of sp³-hybridized carbons (Fsp3) is 0.455. The Kier molecular flexibility index (Phi) is 8.87. The van der Waals surface area contributed by atoms with E-state index in [0.29, 0.717) is 18.5 Å². The van der Waals surface area contributed by atoms with E-state index in [4.69, 9.17) is 0 Å². The molecule has 1 aliphatic heterocycles. The zero-order valence-corrected chi connectivity index (χ0v) is 17.1. The number of hydrogen-bond donors (Lipinski definition) is 1. The van der Waals surface area contributed by atoms with E-state index in [0.717, 1.165) is 38.0 Å². The summed E-state index contributed by atoms with van der Waals surface area (Å²) < 4.78 is 14.0. The Morgan fingerprint density at radius 3 is 2.75 bits per heavy atom. The van der Waals surface area contributed by atoms with Crippen LogP contribution in [0.5, 0.6) is 0 Å². The monoisotopic (exact) mass is 405 g/mol. The van der Waals surface area contributed by atoms with Crippen molar-refractivity contribution >= 4 is 18.3 Å². The van der Waals surface area contributed by atoms with Gasteiger partial charge in [0.1, 0.15) is 5.82 Å². The molecule has 3 rings (SSSR count). The summed E-state index contributed by atoms with van der Waals surface area (Å²) in [6.07, 6.45) is 5.14. The lowest BCUT2D eigenvalue weighted by Crippen LogP contribution is -2.43. The van der Waals surface area contributed by atoms with Gasteiger partial charge >= 0.3 is 0 Å². The molecule has 0 spiro atoms. The Bertz CT molecular complexity index is 736. The Balaban J connectivity index is 0.00000280. The minimum atomic E-state index is -0.276. The third kappa shape index (κ3) is 6.01. The molecule has 1 fully saturated rings. The summed E-state index contributed by atoms with van der Waals surface area (Å²) >= 11 is 0. The van der Waals surface area contributed by atoms with Crippen LogP contribution < -0.4 is 5.32 Å². The molecule has 2 unspecified atom stereocenters. The SMILES string of the molecule is CC(Cc1ccccc1F)C(=O)N(Cc1ccccn1)C1CCCNCC1.Cl. The van der Waals surface area contributed by atoms with E-state index in [-0.39, 0.29) is 36.1 Å². The summed E-state index contributed by atoms with van der Waals surface area (Å²) in [4.78, 5) is 19.7. The molecule has 1 saturated heterocycles. The highest BCUT2D eigenvalue weighted by molar-refractivity contribution is 5.85. The number of nitrogens with one attached hydrogen (secondary N) is 1. The van der Waals surface area contributed by atoms with Gasteiger partial charge in [-0.2, -0.15) is 0 Å². The van der Waals surface area contributed by atoms with Crippen LogP contribution in [-0.2, 0) is 17.8 Å². The molecule has 1 aromatic heterocycles. The number of halogens is 2.